The summed E-state index contributed by atoms with van der Waals surface area (Å²) in [5, 5.41) is 10.2. The first kappa shape index (κ1) is 26.7. The van der Waals surface area contributed by atoms with Gasteiger partial charge in [-0.05, 0) is 61.7 Å². The number of halogens is 1. The molecule has 0 unspecified atom stereocenters. The number of imidazole rings is 1. The second kappa shape index (κ2) is 10.1. The predicted octanol–water partition coefficient (Wildman–Crippen LogP) is 5.07. The van der Waals surface area contributed by atoms with E-state index >= 15 is 0 Å². The molecule has 4 aliphatic rings. The van der Waals surface area contributed by atoms with E-state index in [1.54, 1.807) is 24.4 Å². The van der Waals surface area contributed by atoms with Crippen LogP contribution < -0.4 is 14.4 Å². The molecule has 3 aliphatic heterocycles. The zero-order chi connectivity index (χ0) is 29.3. The average Bonchev–Trinajstić information content (AvgIpc) is 3.48. The minimum Gasteiger partial charge on any atom is -0.478 e. The molecule has 8 rings (SSSR count). The van der Waals surface area contributed by atoms with E-state index in [1.807, 2.05) is 31.2 Å². The van der Waals surface area contributed by atoms with Crippen molar-refractivity contribution in [2.45, 2.75) is 63.3 Å². The fraction of sp³-hybridized carbons (Fsp3) is 0.406. The summed E-state index contributed by atoms with van der Waals surface area (Å²) in [6.45, 7) is 5.74. The molecule has 0 bridgehead atoms. The number of carboxylic acid groups (broad SMARTS) is 1. The molecule has 1 saturated carbocycles. The van der Waals surface area contributed by atoms with Crippen molar-refractivity contribution in [2.75, 3.05) is 24.6 Å². The van der Waals surface area contributed by atoms with Crippen LogP contribution in [0.25, 0.3) is 11.0 Å². The van der Waals surface area contributed by atoms with Gasteiger partial charge in [0.05, 0.1) is 46.5 Å². The third-order valence-corrected chi connectivity index (χ3v) is 9.58. The minimum atomic E-state index is -1.03. The molecule has 0 amide bonds. The number of carbonyl (C=O) groups is 1. The van der Waals surface area contributed by atoms with E-state index in [2.05, 4.69) is 25.4 Å². The number of aromatic carboxylic acids is 1. The number of fused-ring (bicyclic) bond motifs is 3. The Balaban J connectivity index is 1.05. The SMILES string of the molecule is C[C@@]1(c2ccc(Cl)cn2)Oc2cccc(N3CCN(Cc4nc5ccc(C(=O)O)cc5n4C[C@@H]4CCO4)[C@@H]4CC[C@@H]43)c2O1. The van der Waals surface area contributed by atoms with Crippen LogP contribution in [-0.4, -0.2) is 68.4 Å². The molecule has 4 atom stereocenters. The Bertz CT molecular complexity index is 1720. The molecule has 3 fully saturated rings. The number of para-hydroxylation sites is 1. The van der Waals surface area contributed by atoms with Crippen molar-refractivity contribution in [2.24, 2.45) is 0 Å². The fourth-order valence-electron chi connectivity index (χ4n) is 6.85. The number of nitrogens with zero attached hydrogens (tertiary/aromatic N) is 5. The van der Waals surface area contributed by atoms with Crippen LogP contribution in [0.1, 0.15) is 48.1 Å². The topological polar surface area (TPSA) is 102 Å². The minimum absolute atomic E-state index is 0.133. The van der Waals surface area contributed by atoms with Gasteiger partial charge in [-0.15, -0.1) is 0 Å². The molecule has 0 radical (unpaired) electrons. The van der Waals surface area contributed by atoms with Crippen LogP contribution in [0, 0.1) is 0 Å². The van der Waals surface area contributed by atoms with Crippen LogP contribution in [0.4, 0.5) is 5.69 Å². The van der Waals surface area contributed by atoms with Crippen molar-refractivity contribution in [3.05, 3.63) is 76.8 Å². The van der Waals surface area contributed by atoms with Crippen molar-refractivity contribution in [1.29, 1.82) is 0 Å². The number of hydrogen-bond donors (Lipinski definition) is 1. The van der Waals surface area contributed by atoms with Crippen LogP contribution in [0.5, 0.6) is 11.5 Å². The summed E-state index contributed by atoms with van der Waals surface area (Å²) in [5.41, 5.74) is 3.64. The van der Waals surface area contributed by atoms with Gasteiger partial charge >= 0.3 is 5.97 Å². The molecule has 2 aromatic carbocycles. The number of hydrogen-bond acceptors (Lipinski definition) is 8. The number of benzene rings is 2. The Labute approximate surface area is 253 Å². The maximum Gasteiger partial charge on any atom is 0.335 e. The molecule has 11 heteroatoms. The third-order valence-electron chi connectivity index (χ3n) is 9.36. The Morgan fingerprint density at radius 1 is 1.09 bits per heavy atom. The number of ether oxygens (including phenoxy) is 3. The smallest absolute Gasteiger partial charge is 0.335 e. The molecule has 2 saturated heterocycles. The Morgan fingerprint density at radius 2 is 1.95 bits per heavy atom. The van der Waals surface area contributed by atoms with Gasteiger partial charge in [0.1, 0.15) is 11.5 Å². The fourth-order valence-corrected chi connectivity index (χ4v) is 6.96. The summed E-state index contributed by atoms with van der Waals surface area (Å²) < 4.78 is 20.8. The molecule has 2 aromatic heterocycles. The molecule has 10 nitrogen and oxygen atoms in total. The number of piperazine rings is 1. The van der Waals surface area contributed by atoms with Gasteiger partial charge in [-0.1, -0.05) is 17.7 Å². The first-order chi connectivity index (χ1) is 20.9. The van der Waals surface area contributed by atoms with Crippen molar-refractivity contribution in [1.82, 2.24) is 19.4 Å². The summed E-state index contributed by atoms with van der Waals surface area (Å²) in [5.74, 6) is 0.444. The normalized spacial score (nSPS) is 26.2. The number of carboxylic acids is 1. The highest BCUT2D eigenvalue weighted by Crippen LogP contribution is 2.51. The predicted molar refractivity (Wildman–Crippen MR) is 160 cm³/mol. The van der Waals surface area contributed by atoms with Gasteiger partial charge in [0, 0.05) is 44.9 Å². The maximum absolute atomic E-state index is 11.7. The molecule has 222 valence electrons. The number of aromatic nitrogens is 3. The monoisotopic (exact) mass is 601 g/mol. The summed E-state index contributed by atoms with van der Waals surface area (Å²) in [7, 11) is 0. The maximum atomic E-state index is 11.7. The van der Waals surface area contributed by atoms with Crippen LogP contribution in [0.15, 0.2) is 54.7 Å². The van der Waals surface area contributed by atoms with E-state index in [9.17, 15) is 9.90 Å². The summed E-state index contributed by atoms with van der Waals surface area (Å²) in [6.07, 6.45) is 4.94. The van der Waals surface area contributed by atoms with E-state index in [1.165, 1.54) is 0 Å². The molecule has 4 aromatic rings. The lowest BCUT2D eigenvalue weighted by molar-refractivity contribution is -0.0717. The Kier molecular flexibility index (Phi) is 6.29. The van der Waals surface area contributed by atoms with Crippen molar-refractivity contribution in [3.8, 4) is 11.5 Å². The zero-order valence-corrected chi connectivity index (χ0v) is 24.5. The van der Waals surface area contributed by atoms with E-state index in [0.717, 1.165) is 67.3 Å². The van der Waals surface area contributed by atoms with Gasteiger partial charge in [-0.3, -0.25) is 9.88 Å². The highest BCUT2D eigenvalue weighted by molar-refractivity contribution is 6.30. The summed E-state index contributed by atoms with van der Waals surface area (Å²) in [6, 6.07) is 15.6. The van der Waals surface area contributed by atoms with E-state index in [-0.39, 0.29) is 11.7 Å². The first-order valence-corrected chi connectivity index (χ1v) is 15.2. The standard InChI is InChI=1S/C32H32ClN5O5/c1-32(28-10-6-20(33)16-34-28)42-27-4-2-3-25(30(27)43-32)37-13-12-36(23-8-9-24(23)37)18-29-35-22-7-5-19(31(39)40)15-26(22)38(29)17-21-11-14-41-21/h2-7,10,15-16,21,23-24H,8-9,11-14,17-18H2,1H3,(H,39,40)/t21-,23+,24-,32+/m0/s1. The highest BCUT2D eigenvalue weighted by atomic mass is 35.5. The number of rotatable bonds is 7. The van der Waals surface area contributed by atoms with Crippen LogP contribution in [0.3, 0.4) is 0 Å². The molecule has 1 aliphatic carbocycles. The largest absolute Gasteiger partial charge is 0.478 e. The molecule has 43 heavy (non-hydrogen) atoms. The van der Waals surface area contributed by atoms with E-state index in [4.69, 9.17) is 30.8 Å². The first-order valence-electron chi connectivity index (χ1n) is 14.8. The summed E-state index contributed by atoms with van der Waals surface area (Å²) >= 11 is 6.07. The van der Waals surface area contributed by atoms with E-state index < -0.39 is 11.8 Å². The Morgan fingerprint density at radius 3 is 2.67 bits per heavy atom. The second-order valence-electron chi connectivity index (χ2n) is 11.9. The summed E-state index contributed by atoms with van der Waals surface area (Å²) in [4.78, 5) is 26.2. The third kappa shape index (κ3) is 4.51. The molecule has 1 N–H and O–H groups in total. The lowest BCUT2D eigenvalue weighted by Crippen LogP contribution is -2.64. The molecule has 5 heterocycles. The van der Waals surface area contributed by atoms with Crippen molar-refractivity contribution < 1.29 is 24.1 Å². The molecular formula is C32H32ClN5O5. The molecular weight excluding hydrogens is 570 g/mol. The number of pyridine rings is 1. The van der Waals surface area contributed by atoms with Gasteiger partial charge in [0.15, 0.2) is 11.5 Å². The van der Waals surface area contributed by atoms with Gasteiger partial charge in [0.2, 0.25) is 0 Å². The van der Waals surface area contributed by atoms with Crippen molar-refractivity contribution >= 4 is 34.3 Å². The highest BCUT2D eigenvalue weighted by Gasteiger charge is 2.47. The van der Waals surface area contributed by atoms with Crippen LogP contribution in [-0.2, 0) is 23.6 Å². The van der Waals surface area contributed by atoms with Gasteiger partial charge in [-0.2, -0.15) is 0 Å². The average molecular weight is 602 g/mol. The number of anilines is 1. The Hall–Kier alpha value is -3.86. The second-order valence-corrected chi connectivity index (χ2v) is 12.4. The van der Waals surface area contributed by atoms with Gasteiger partial charge in [-0.25, -0.2) is 9.78 Å². The van der Waals surface area contributed by atoms with Crippen LogP contribution in [0.2, 0.25) is 5.02 Å². The van der Waals surface area contributed by atoms with Gasteiger partial charge < -0.3 is 28.8 Å². The van der Waals surface area contributed by atoms with Crippen molar-refractivity contribution in [3.63, 3.8) is 0 Å². The quantitative estimate of drug-likeness (QED) is 0.311. The lowest BCUT2D eigenvalue weighted by atomic mass is 9.81. The zero-order valence-electron chi connectivity index (χ0n) is 23.8. The lowest BCUT2D eigenvalue weighted by Gasteiger charge is -2.54. The molecule has 0 spiro atoms. The van der Waals surface area contributed by atoms with E-state index in [0.29, 0.717) is 41.6 Å². The van der Waals surface area contributed by atoms with Gasteiger partial charge in [0.25, 0.3) is 5.79 Å². The van der Waals surface area contributed by atoms with Crippen LogP contribution >= 0.6 is 11.6 Å².